The fourth-order valence-corrected chi connectivity index (χ4v) is 3.23. The van der Waals surface area contributed by atoms with Gasteiger partial charge >= 0.3 is 0 Å². The molecular formula is C17H13F2NS. The van der Waals surface area contributed by atoms with E-state index in [1.54, 1.807) is 0 Å². The van der Waals surface area contributed by atoms with Gasteiger partial charge in [-0.25, -0.2) is 8.78 Å². The number of fused-ring (bicyclic) bond motifs is 1. The lowest BCUT2D eigenvalue weighted by Gasteiger charge is -2.10. The van der Waals surface area contributed by atoms with Gasteiger partial charge in [-0.2, -0.15) is 0 Å². The van der Waals surface area contributed by atoms with E-state index in [-0.39, 0.29) is 0 Å². The zero-order valence-corrected chi connectivity index (χ0v) is 12.0. The van der Waals surface area contributed by atoms with Crippen LogP contribution in [0.4, 0.5) is 8.78 Å². The van der Waals surface area contributed by atoms with Gasteiger partial charge in [0.05, 0.1) is 0 Å². The molecule has 0 unspecified atom stereocenters. The first kappa shape index (κ1) is 14.0. The van der Waals surface area contributed by atoms with E-state index in [1.807, 2.05) is 36.4 Å². The molecule has 106 valence electrons. The second-order valence-electron chi connectivity index (χ2n) is 4.65. The lowest BCUT2D eigenvalue weighted by atomic mass is 10.0. The standard InChI is InChI=1S/C17H13F2NS/c18-12-6-8-17(15(19)9-12)21-16-7-5-11(10-20)13-3-1-2-4-14(13)16/h1-9H,10,20H2. The van der Waals surface area contributed by atoms with Gasteiger partial charge in [-0.05, 0) is 34.5 Å². The van der Waals surface area contributed by atoms with E-state index >= 15 is 0 Å². The molecule has 0 radical (unpaired) electrons. The van der Waals surface area contributed by atoms with Crippen LogP contribution in [0.3, 0.4) is 0 Å². The fourth-order valence-electron chi connectivity index (χ4n) is 2.28. The minimum atomic E-state index is -0.569. The van der Waals surface area contributed by atoms with Gasteiger partial charge in [-0.3, -0.25) is 0 Å². The number of rotatable bonds is 3. The first-order chi connectivity index (χ1) is 10.2. The minimum Gasteiger partial charge on any atom is -0.326 e. The highest BCUT2D eigenvalue weighted by Crippen LogP contribution is 2.36. The second kappa shape index (κ2) is 5.84. The summed E-state index contributed by atoms with van der Waals surface area (Å²) >= 11 is 1.29. The SMILES string of the molecule is NCc1ccc(Sc2ccc(F)cc2F)c2ccccc12. The van der Waals surface area contributed by atoms with Gasteiger partial charge in [-0.1, -0.05) is 42.1 Å². The van der Waals surface area contributed by atoms with Crippen LogP contribution in [-0.2, 0) is 6.54 Å². The van der Waals surface area contributed by atoms with E-state index in [1.165, 1.54) is 23.9 Å². The van der Waals surface area contributed by atoms with Crippen molar-refractivity contribution in [1.82, 2.24) is 0 Å². The Morgan fingerprint density at radius 3 is 2.29 bits per heavy atom. The van der Waals surface area contributed by atoms with Gasteiger partial charge in [-0.15, -0.1) is 0 Å². The molecule has 0 atom stereocenters. The summed E-state index contributed by atoms with van der Waals surface area (Å²) in [5, 5.41) is 2.08. The quantitative estimate of drug-likeness (QED) is 0.757. The summed E-state index contributed by atoms with van der Waals surface area (Å²) in [6.07, 6.45) is 0. The Balaban J connectivity index is 2.09. The van der Waals surface area contributed by atoms with Gasteiger partial charge in [0.15, 0.2) is 0 Å². The largest absolute Gasteiger partial charge is 0.326 e. The summed E-state index contributed by atoms with van der Waals surface area (Å²) in [6.45, 7) is 0.455. The van der Waals surface area contributed by atoms with E-state index in [0.29, 0.717) is 11.4 Å². The zero-order chi connectivity index (χ0) is 14.8. The van der Waals surface area contributed by atoms with Crippen LogP contribution >= 0.6 is 11.8 Å². The Bertz CT molecular complexity index is 802. The molecule has 0 spiro atoms. The Morgan fingerprint density at radius 2 is 1.57 bits per heavy atom. The van der Waals surface area contributed by atoms with Crippen LogP contribution in [-0.4, -0.2) is 0 Å². The molecule has 3 aromatic carbocycles. The van der Waals surface area contributed by atoms with E-state index in [2.05, 4.69) is 0 Å². The molecular weight excluding hydrogens is 288 g/mol. The summed E-state index contributed by atoms with van der Waals surface area (Å²) in [5.74, 6) is -1.12. The summed E-state index contributed by atoms with van der Waals surface area (Å²) in [6, 6.07) is 15.4. The summed E-state index contributed by atoms with van der Waals surface area (Å²) in [4.78, 5) is 1.33. The maximum atomic E-state index is 13.8. The predicted molar refractivity (Wildman–Crippen MR) is 82.3 cm³/mol. The number of hydrogen-bond donors (Lipinski definition) is 1. The van der Waals surface area contributed by atoms with Crippen LogP contribution < -0.4 is 5.73 Å². The van der Waals surface area contributed by atoms with Gasteiger partial charge in [0.2, 0.25) is 0 Å². The lowest BCUT2D eigenvalue weighted by Crippen LogP contribution is -1.97. The molecule has 0 bridgehead atoms. The van der Waals surface area contributed by atoms with E-state index < -0.39 is 11.6 Å². The van der Waals surface area contributed by atoms with Crippen molar-refractivity contribution in [1.29, 1.82) is 0 Å². The van der Waals surface area contributed by atoms with Crippen molar-refractivity contribution in [3.8, 4) is 0 Å². The van der Waals surface area contributed by atoms with E-state index in [0.717, 1.165) is 27.3 Å². The third-order valence-corrected chi connectivity index (χ3v) is 4.44. The van der Waals surface area contributed by atoms with Crippen LogP contribution in [0, 0.1) is 11.6 Å². The first-order valence-electron chi connectivity index (χ1n) is 6.52. The number of benzene rings is 3. The molecule has 1 nitrogen and oxygen atoms in total. The fraction of sp³-hybridized carbons (Fsp3) is 0.0588. The zero-order valence-electron chi connectivity index (χ0n) is 11.1. The molecule has 4 heteroatoms. The molecule has 3 rings (SSSR count). The van der Waals surface area contributed by atoms with Gasteiger partial charge in [0.25, 0.3) is 0 Å². The van der Waals surface area contributed by atoms with Crippen LogP contribution in [0.1, 0.15) is 5.56 Å². The predicted octanol–water partition coefficient (Wildman–Crippen LogP) is 4.73. The highest BCUT2D eigenvalue weighted by molar-refractivity contribution is 7.99. The Morgan fingerprint density at radius 1 is 0.857 bits per heavy atom. The molecule has 0 aliphatic heterocycles. The Labute approximate surface area is 125 Å². The summed E-state index contributed by atoms with van der Waals surface area (Å²) < 4.78 is 26.8. The van der Waals surface area contributed by atoms with E-state index in [4.69, 9.17) is 5.73 Å². The monoisotopic (exact) mass is 301 g/mol. The highest BCUT2D eigenvalue weighted by Gasteiger charge is 2.10. The van der Waals surface area contributed by atoms with Gasteiger partial charge in [0.1, 0.15) is 11.6 Å². The topological polar surface area (TPSA) is 26.0 Å². The molecule has 2 N–H and O–H groups in total. The maximum Gasteiger partial charge on any atom is 0.140 e. The van der Waals surface area contributed by atoms with Crippen molar-refractivity contribution in [2.45, 2.75) is 16.3 Å². The molecule has 0 aromatic heterocycles. The molecule has 0 aliphatic carbocycles. The van der Waals surface area contributed by atoms with Crippen LogP contribution in [0.2, 0.25) is 0 Å². The number of nitrogens with two attached hydrogens (primary N) is 1. The molecule has 21 heavy (non-hydrogen) atoms. The third kappa shape index (κ3) is 2.77. The third-order valence-electron chi connectivity index (χ3n) is 3.31. The minimum absolute atomic E-state index is 0.405. The molecule has 0 fully saturated rings. The normalized spacial score (nSPS) is 11.0. The average Bonchev–Trinajstić information content (AvgIpc) is 2.50. The molecule has 0 saturated heterocycles. The van der Waals surface area contributed by atoms with Gasteiger partial charge < -0.3 is 5.73 Å². The lowest BCUT2D eigenvalue weighted by molar-refractivity contribution is 0.566. The summed E-state index contributed by atoms with van der Waals surface area (Å²) in [7, 11) is 0. The van der Waals surface area contributed by atoms with Crippen molar-refractivity contribution in [2.24, 2.45) is 5.73 Å². The molecule has 0 saturated carbocycles. The van der Waals surface area contributed by atoms with Crippen LogP contribution in [0.25, 0.3) is 10.8 Å². The van der Waals surface area contributed by atoms with Gasteiger partial charge in [0, 0.05) is 22.4 Å². The maximum absolute atomic E-state index is 13.8. The van der Waals surface area contributed by atoms with Crippen LogP contribution in [0.15, 0.2) is 64.4 Å². The van der Waals surface area contributed by atoms with Crippen molar-refractivity contribution in [2.75, 3.05) is 0 Å². The van der Waals surface area contributed by atoms with Crippen LogP contribution in [0.5, 0.6) is 0 Å². The average molecular weight is 301 g/mol. The van der Waals surface area contributed by atoms with Crippen molar-refractivity contribution in [3.05, 3.63) is 71.8 Å². The van der Waals surface area contributed by atoms with Crippen molar-refractivity contribution >= 4 is 22.5 Å². The van der Waals surface area contributed by atoms with Crippen molar-refractivity contribution < 1.29 is 8.78 Å². The highest BCUT2D eigenvalue weighted by atomic mass is 32.2. The Hall–Kier alpha value is -1.91. The molecule has 3 aromatic rings. The smallest absolute Gasteiger partial charge is 0.140 e. The summed E-state index contributed by atoms with van der Waals surface area (Å²) in [5.41, 5.74) is 6.80. The number of halogens is 2. The van der Waals surface area contributed by atoms with E-state index in [9.17, 15) is 8.78 Å². The molecule has 0 heterocycles. The van der Waals surface area contributed by atoms with Crippen molar-refractivity contribution in [3.63, 3.8) is 0 Å². The molecule has 0 aliphatic rings. The second-order valence-corrected chi connectivity index (χ2v) is 5.73. The molecule has 0 amide bonds. The number of hydrogen-bond acceptors (Lipinski definition) is 2. The first-order valence-corrected chi connectivity index (χ1v) is 7.34. The Kier molecular flexibility index (Phi) is 3.90.